The molecule has 1 aliphatic carbocycles. The number of fused-ring (bicyclic) bond motifs is 1. The number of phenolic OH excluding ortho intramolecular Hbond substituents is 1. The average Bonchev–Trinajstić information content (AvgIpc) is 3.48. The van der Waals surface area contributed by atoms with E-state index in [4.69, 9.17) is 0 Å². The van der Waals surface area contributed by atoms with E-state index in [2.05, 4.69) is 0 Å². The highest BCUT2D eigenvalue weighted by Crippen LogP contribution is 2.48. The topological polar surface area (TPSA) is 74.6 Å². The Morgan fingerprint density at radius 3 is 2.44 bits per heavy atom. The van der Waals surface area contributed by atoms with E-state index in [-0.39, 0.29) is 23.4 Å². The largest absolute Gasteiger partial charge is 0.508 e. The summed E-state index contributed by atoms with van der Waals surface area (Å²) in [7, 11) is 0. The van der Waals surface area contributed by atoms with Gasteiger partial charge in [0.15, 0.2) is 0 Å². The Labute approximate surface area is 187 Å². The van der Waals surface area contributed by atoms with Crippen molar-refractivity contribution < 1.29 is 24.2 Å². The quantitative estimate of drug-likeness (QED) is 0.361. The van der Waals surface area contributed by atoms with Crippen molar-refractivity contribution in [2.24, 2.45) is 5.92 Å². The van der Waals surface area contributed by atoms with Crippen molar-refractivity contribution in [2.75, 3.05) is 0 Å². The van der Waals surface area contributed by atoms with Crippen molar-refractivity contribution in [1.29, 1.82) is 0 Å². The Morgan fingerprint density at radius 1 is 1.03 bits per heavy atom. The number of hydrogen-bond donors (Lipinski definition) is 2. The number of hydrogen-bond acceptors (Lipinski definition) is 4. The molecule has 160 valence electrons. The number of thiophene rings is 1. The number of rotatable bonds is 5. The Bertz CT molecular complexity index is 1390. The Morgan fingerprint density at radius 2 is 1.78 bits per heavy atom. The minimum Gasteiger partial charge on any atom is -0.508 e. The molecule has 1 saturated carbocycles. The van der Waals surface area contributed by atoms with Gasteiger partial charge in [-0.05, 0) is 72.4 Å². The van der Waals surface area contributed by atoms with Gasteiger partial charge in [0.25, 0.3) is 0 Å². The van der Waals surface area contributed by atoms with Gasteiger partial charge >= 0.3 is 5.97 Å². The summed E-state index contributed by atoms with van der Waals surface area (Å²) in [4.78, 5) is 25.2. The molecule has 0 saturated heterocycles. The molecule has 1 aromatic heterocycles. The number of aliphatic carboxylic acids is 1. The molecule has 5 rings (SSSR count). The van der Waals surface area contributed by atoms with Crippen LogP contribution in [0.3, 0.4) is 0 Å². The van der Waals surface area contributed by atoms with Crippen LogP contribution in [-0.2, 0) is 4.79 Å². The summed E-state index contributed by atoms with van der Waals surface area (Å²) in [5.74, 6) is -1.55. The lowest BCUT2D eigenvalue weighted by atomic mass is 9.95. The first-order valence-corrected chi connectivity index (χ1v) is 11.0. The van der Waals surface area contributed by atoms with E-state index < -0.39 is 11.8 Å². The van der Waals surface area contributed by atoms with Gasteiger partial charge in [0, 0.05) is 21.2 Å². The lowest BCUT2D eigenvalue weighted by molar-refractivity contribution is -0.138. The van der Waals surface area contributed by atoms with Crippen molar-refractivity contribution in [3.8, 4) is 16.9 Å². The minimum atomic E-state index is -0.773. The van der Waals surface area contributed by atoms with Crippen molar-refractivity contribution in [3.05, 3.63) is 88.0 Å². The molecule has 0 bridgehead atoms. The Balaban J connectivity index is 1.62. The third kappa shape index (κ3) is 3.46. The fourth-order valence-corrected chi connectivity index (χ4v) is 5.48. The van der Waals surface area contributed by atoms with Crippen molar-refractivity contribution in [1.82, 2.24) is 0 Å². The maximum absolute atomic E-state index is 13.6. The van der Waals surface area contributed by atoms with E-state index in [0.717, 1.165) is 26.8 Å². The highest BCUT2D eigenvalue weighted by atomic mass is 32.1. The molecule has 0 aliphatic heterocycles. The molecule has 1 heterocycles. The van der Waals surface area contributed by atoms with E-state index >= 15 is 0 Å². The second kappa shape index (κ2) is 7.57. The van der Waals surface area contributed by atoms with E-state index in [1.807, 2.05) is 24.3 Å². The number of carbonyl (C=O) groups is 2. The summed E-state index contributed by atoms with van der Waals surface area (Å²) < 4.78 is 14.4. The minimum absolute atomic E-state index is 0.0284. The van der Waals surface area contributed by atoms with Crippen molar-refractivity contribution in [2.45, 2.75) is 19.3 Å². The number of ketones is 1. The second-order valence-corrected chi connectivity index (χ2v) is 9.24. The number of carboxylic acid groups (broad SMARTS) is 1. The molecule has 1 fully saturated rings. The number of halogens is 1. The van der Waals surface area contributed by atoms with Crippen molar-refractivity contribution in [3.63, 3.8) is 0 Å². The molecule has 0 amide bonds. The van der Waals surface area contributed by atoms with Crippen LogP contribution in [0.25, 0.3) is 21.2 Å². The zero-order chi connectivity index (χ0) is 22.6. The molecule has 2 atom stereocenters. The molecule has 32 heavy (non-hydrogen) atoms. The van der Waals surface area contributed by atoms with Gasteiger partial charge in [0.2, 0.25) is 5.78 Å². The molecule has 2 unspecified atom stereocenters. The zero-order valence-corrected chi connectivity index (χ0v) is 17.9. The van der Waals surface area contributed by atoms with Gasteiger partial charge in [-0.2, -0.15) is 0 Å². The lowest BCUT2D eigenvalue weighted by Gasteiger charge is -2.08. The zero-order valence-electron chi connectivity index (χ0n) is 17.1. The van der Waals surface area contributed by atoms with E-state index in [9.17, 15) is 24.2 Å². The van der Waals surface area contributed by atoms with Crippen LogP contribution in [0.5, 0.6) is 5.75 Å². The summed E-state index contributed by atoms with van der Waals surface area (Å²) in [6, 6.07) is 16.8. The summed E-state index contributed by atoms with van der Waals surface area (Å²) in [6.45, 7) is 1.71. The standard InChI is InChI=1S/C26H19FO4S/c1-13-10-16(27)6-8-18(13)24(29)25-23(19-9-7-17(28)11-22(19)32-25)15-4-2-14(3-5-15)20-12-21(20)26(30)31/h2-11,20-21,28H,12H2,1H3,(H,30,31). The number of phenols is 1. The Hall–Kier alpha value is -3.51. The molecule has 4 nitrogen and oxygen atoms in total. The van der Waals surface area contributed by atoms with Gasteiger partial charge in [0.1, 0.15) is 11.6 Å². The normalized spacial score (nSPS) is 17.4. The summed E-state index contributed by atoms with van der Waals surface area (Å²) in [5, 5.41) is 20.0. The fourth-order valence-electron chi connectivity index (χ4n) is 4.27. The summed E-state index contributed by atoms with van der Waals surface area (Å²) in [6.07, 6.45) is 0.642. The van der Waals surface area contributed by atoms with Gasteiger partial charge in [-0.15, -0.1) is 11.3 Å². The first-order chi connectivity index (χ1) is 15.3. The van der Waals surface area contributed by atoms with Crippen LogP contribution in [0.4, 0.5) is 4.39 Å². The molecule has 3 aromatic carbocycles. The maximum Gasteiger partial charge on any atom is 0.307 e. The highest BCUT2D eigenvalue weighted by molar-refractivity contribution is 7.21. The Kier molecular flexibility index (Phi) is 4.82. The molecular formula is C26H19FO4S. The van der Waals surface area contributed by atoms with Crippen LogP contribution in [0.1, 0.15) is 38.7 Å². The maximum atomic E-state index is 13.6. The second-order valence-electron chi connectivity index (χ2n) is 8.18. The van der Waals surface area contributed by atoms with Gasteiger partial charge in [-0.3, -0.25) is 9.59 Å². The first kappa shape index (κ1) is 20.4. The first-order valence-electron chi connectivity index (χ1n) is 10.2. The molecule has 0 spiro atoms. The SMILES string of the molecule is Cc1cc(F)ccc1C(=O)c1sc2cc(O)ccc2c1-c1ccc(C2CC2C(=O)O)cc1. The van der Waals surface area contributed by atoms with Crippen LogP contribution < -0.4 is 0 Å². The number of aromatic hydroxyl groups is 1. The predicted octanol–water partition coefficient (Wildman–Crippen LogP) is 6.14. The van der Waals surface area contributed by atoms with E-state index in [1.165, 1.54) is 29.5 Å². The summed E-state index contributed by atoms with van der Waals surface area (Å²) >= 11 is 1.29. The van der Waals surface area contributed by atoms with Crippen LogP contribution in [0.15, 0.2) is 60.7 Å². The number of carbonyl (C=O) groups excluding carboxylic acids is 1. The predicted molar refractivity (Wildman–Crippen MR) is 122 cm³/mol. The fraction of sp³-hybridized carbons (Fsp3) is 0.154. The van der Waals surface area contributed by atoms with Gasteiger partial charge < -0.3 is 10.2 Å². The number of carboxylic acids is 1. The number of aryl methyl sites for hydroxylation is 1. The van der Waals surface area contributed by atoms with Gasteiger partial charge in [-0.25, -0.2) is 4.39 Å². The molecule has 0 radical (unpaired) electrons. The monoisotopic (exact) mass is 446 g/mol. The van der Waals surface area contributed by atoms with Gasteiger partial charge in [0.05, 0.1) is 10.8 Å². The summed E-state index contributed by atoms with van der Waals surface area (Å²) in [5.41, 5.74) is 3.56. The van der Waals surface area contributed by atoms with Crippen LogP contribution in [0, 0.1) is 18.7 Å². The third-order valence-corrected chi connectivity index (χ3v) is 7.20. The lowest BCUT2D eigenvalue weighted by Crippen LogP contribution is -2.03. The molecular weight excluding hydrogens is 427 g/mol. The molecule has 2 N–H and O–H groups in total. The highest BCUT2D eigenvalue weighted by Gasteiger charge is 2.44. The van der Waals surface area contributed by atoms with Crippen LogP contribution in [0.2, 0.25) is 0 Å². The van der Waals surface area contributed by atoms with Crippen LogP contribution >= 0.6 is 11.3 Å². The molecule has 4 aromatic rings. The third-order valence-electron chi connectivity index (χ3n) is 6.05. The van der Waals surface area contributed by atoms with Crippen LogP contribution in [-0.4, -0.2) is 22.0 Å². The smallest absolute Gasteiger partial charge is 0.307 e. The average molecular weight is 446 g/mol. The van der Waals surface area contributed by atoms with E-state index in [0.29, 0.717) is 22.4 Å². The van der Waals surface area contributed by atoms with E-state index in [1.54, 1.807) is 25.1 Å². The molecule has 6 heteroatoms. The molecule has 1 aliphatic rings. The van der Waals surface area contributed by atoms with Gasteiger partial charge in [-0.1, -0.05) is 24.3 Å². The number of benzene rings is 3. The van der Waals surface area contributed by atoms with Crippen molar-refractivity contribution >= 4 is 33.2 Å².